The van der Waals surface area contributed by atoms with Gasteiger partial charge in [-0.25, -0.2) is 0 Å². The van der Waals surface area contributed by atoms with Crippen LogP contribution in [0.25, 0.3) is 10.9 Å². The molecule has 0 radical (unpaired) electrons. The molecule has 1 heterocycles. The van der Waals surface area contributed by atoms with Gasteiger partial charge >= 0.3 is 0 Å². The minimum absolute atomic E-state index is 0.00470. The van der Waals surface area contributed by atoms with Gasteiger partial charge in [-0.1, -0.05) is 25.1 Å². The molecule has 0 aliphatic heterocycles. The Kier molecular flexibility index (Phi) is 4.79. The second-order valence-electron chi connectivity index (χ2n) is 5.33. The molecule has 0 saturated heterocycles. The van der Waals surface area contributed by atoms with E-state index >= 15 is 0 Å². The summed E-state index contributed by atoms with van der Waals surface area (Å²) in [5.41, 5.74) is 1.82. The molecular formula is C16H22N2O2. The van der Waals surface area contributed by atoms with E-state index in [2.05, 4.69) is 5.32 Å². The maximum Gasteiger partial charge on any atom is 0.252 e. The first kappa shape index (κ1) is 14.6. The zero-order valence-electron chi connectivity index (χ0n) is 12.1. The minimum Gasteiger partial charge on any atom is -0.396 e. The molecule has 0 aliphatic rings. The Labute approximate surface area is 119 Å². The molecule has 0 aliphatic carbocycles. The SMILES string of the molecule is CC(CO)CCCNc1cc(=O)n(C)c2ccccc12. The summed E-state index contributed by atoms with van der Waals surface area (Å²) in [5, 5.41) is 13.4. The third-order valence-electron chi connectivity index (χ3n) is 3.65. The van der Waals surface area contributed by atoms with Crippen molar-refractivity contribution in [1.82, 2.24) is 4.57 Å². The van der Waals surface area contributed by atoms with Gasteiger partial charge in [-0.3, -0.25) is 4.79 Å². The maximum absolute atomic E-state index is 11.9. The van der Waals surface area contributed by atoms with Crippen LogP contribution in [0, 0.1) is 5.92 Å². The number of nitrogens with one attached hydrogen (secondary N) is 1. The number of anilines is 1. The van der Waals surface area contributed by atoms with E-state index in [1.165, 1.54) is 0 Å². The maximum atomic E-state index is 11.9. The number of fused-ring (bicyclic) bond motifs is 1. The summed E-state index contributed by atoms with van der Waals surface area (Å²) in [7, 11) is 1.79. The fourth-order valence-corrected chi connectivity index (χ4v) is 2.32. The summed E-state index contributed by atoms with van der Waals surface area (Å²) < 4.78 is 1.66. The first-order valence-corrected chi connectivity index (χ1v) is 7.07. The molecule has 108 valence electrons. The number of hydrogen-bond donors (Lipinski definition) is 2. The van der Waals surface area contributed by atoms with E-state index in [1.807, 2.05) is 31.2 Å². The van der Waals surface area contributed by atoms with Gasteiger partial charge in [0, 0.05) is 37.3 Å². The summed E-state index contributed by atoms with van der Waals surface area (Å²) in [6.45, 7) is 3.07. The second-order valence-corrected chi connectivity index (χ2v) is 5.33. The lowest BCUT2D eigenvalue weighted by molar-refractivity contribution is 0.229. The van der Waals surface area contributed by atoms with Crippen molar-refractivity contribution in [2.45, 2.75) is 19.8 Å². The Morgan fingerprint density at radius 2 is 2.10 bits per heavy atom. The van der Waals surface area contributed by atoms with Gasteiger partial charge in [0.05, 0.1) is 5.52 Å². The average Bonchev–Trinajstić information content (AvgIpc) is 2.48. The van der Waals surface area contributed by atoms with E-state index in [0.717, 1.165) is 36.0 Å². The minimum atomic E-state index is -0.00470. The predicted molar refractivity (Wildman–Crippen MR) is 83.2 cm³/mol. The van der Waals surface area contributed by atoms with E-state index < -0.39 is 0 Å². The van der Waals surface area contributed by atoms with Gasteiger partial charge < -0.3 is 15.0 Å². The number of aromatic nitrogens is 1. The van der Waals surface area contributed by atoms with Crippen molar-refractivity contribution in [2.24, 2.45) is 13.0 Å². The van der Waals surface area contributed by atoms with Gasteiger partial charge in [-0.2, -0.15) is 0 Å². The predicted octanol–water partition coefficient (Wildman–Crippen LogP) is 2.36. The van der Waals surface area contributed by atoms with Crippen molar-refractivity contribution in [2.75, 3.05) is 18.5 Å². The number of rotatable bonds is 6. The van der Waals surface area contributed by atoms with Gasteiger partial charge in [0.15, 0.2) is 0 Å². The monoisotopic (exact) mass is 274 g/mol. The van der Waals surface area contributed by atoms with E-state index in [4.69, 9.17) is 5.11 Å². The lowest BCUT2D eigenvalue weighted by atomic mass is 10.1. The average molecular weight is 274 g/mol. The third kappa shape index (κ3) is 3.20. The molecule has 1 aromatic carbocycles. The summed E-state index contributed by atoms with van der Waals surface area (Å²) in [6.07, 6.45) is 1.96. The second kappa shape index (κ2) is 6.57. The normalized spacial score (nSPS) is 12.6. The molecule has 1 unspecified atom stereocenters. The van der Waals surface area contributed by atoms with Crippen LogP contribution in [0.4, 0.5) is 5.69 Å². The third-order valence-corrected chi connectivity index (χ3v) is 3.65. The molecule has 2 rings (SSSR count). The summed E-state index contributed by atoms with van der Waals surface area (Å²) in [5.74, 6) is 0.331. The van der Waals surface area contributed by atoms with Crippen LogP contribution in [0.5, 0.6) is 0 Å². The van der Waals surface area contributed by atoms with Crippen LogP contribution in [-0.2, 0) is 7.05 Å². The highest BCUT2D eigenvalue weighted by molar-refractivity contribution is 5.91. The summed E-state index contributed by atoms with van der Waals surface area (Å²) >= 11 is 0. The molecule has 1 aromatic heterocycles. The highest BCUT2D eigenvalue weighted by Crippen LogP contribution is 2.20. The molecule has 4 nitrogen and oxygen atoms in total. The number of aliphatic hydroxyl groups excluding tert-OH is 1. The molecule has 2 N–H and O–H groups in total. The van der Waals surface area contributed by atoms with Crippen molar-refractivity contribution >= 4 is 16.6 Å². The van der Waals surface area contributed by atoms with Crippen LogP contribution in [-0.4, -0.2) is 22.8 Å². The van der Waals surface area contributed by atoms with Crippen LogP contribution >= 0.6 is 0 Å². The van der Waals surface area contributed by atoms with Gasteiger partial charge in [0.1, 0.15) is 0 Å². The van der Waals surface area contributed by atoms with Crippen molar-refractivity contribution in [3.05, 3.63) is 40.7 Å². The molecule has 0 bridgehead atoms. The number of pyridine rings is 1. The number of nitrogens with zero attached hydrogens (tertiary/aromatic N) is 1. The van der Waals surface area contributed by atoms with Gasteiger partial charge in [0.25, 0.3) is 5.56 Å². The number of aliphatic hydroxyl groups is 1. The van der Waals surface area contributed by atoms with Crippen molar-refractivity contribution in [3.63, 3.8) is 0 Å². The molecule has 20 heavy (non-hydrogen) atoms. The number of hydrogen-bond acceptors (Lipinski definition) is 3. The Bertz CT molecular complexity index is 634. The van der Waals surface area contributed by atoms with E-state index in [1.54, 1.807) is 17.7 Å². The zero-order chi connectivity index (χ0) is 14.5. The van der Waals surface area contributed by atoms with Gasteiger partial charge in [-0.05, 0) is 24.8 Å². The number of benzene rings is 1. The lowest BCUT2D eigenvalue weighted by Gasteiger charge is -2.13. The van der Waals surface area contributed by atoms with Crippen LogP contribution < -0.4 is 10.9 Å². The van der Waals surface area contributed by atoms with Crippen LogP contribution in [0.15, 0.2) is 35.1 Å². The summed E-state index contributed by atoms with van der Waals surface area (Å²) in [6, 6.07) is 9.54. The fraction of sp³-hybridized carbons (Fsp3) is 0.438. The fourth-order valence-electron chi connectivity index (χ4n) is 2.32. The first-order chi connectivity index (χ1) is 9.63. The van der Waals surface area contributed by atoms with E-state index in [-0.39, 0.29) is 12.2 Å². The molecule has 1 atom stereocenters. The highest BCUT2D eigenvalue weighted by Gasteiger charge is 2.06. The molecule has 0 spiro atoms. The van der Waals surface area contributed by atoms with Crippen molar-refractivity contribution in [1.29, 1.82) is 0 Å². The summed E-state index contributed by atoms with van der Waals surface area (Å²) in [4.78, 5) is 11.9. The van der Waals surface area contributed by atoms with Gasteiger partial charge in [-0.15, -0.1) is 0 Å². The van der Waals surface area contributed by atoms with E-state index in [9.17, 15) is 4.79 Å². The Balaban J connectivity index is 2.14. The smallest absolute Gasteiger partial charge is 0.252 e. The molecule has 0 amide bonds. The van der Waals surface area contributed by atoms with Crippen molar-refractivity contribution < 1.29 is 5.11 Å². The topological polar surface area (TPSA) is 54.3 Å². The first-order valence-electron chi connectivity index (χ1n) is 7.07. The Hall–Kier alpha value is -1.81. The highest BCUT2D eigenvalue weighted by atomic mass is 16.3. The molecule has 0 saturated carbocycles. The molecule has 2 aromatic rings. The van der Waals surface area contributed by atoms with Crippen LogP contribution in [0.1, 0.15) is 19.8 Å². The zero-order valence-corrected chi connectivity index (χ0v) is 12.1. The van der Waals surface area contributed by atoms with E-state index in [0.29, 0.717) is 5.92 Å². The lowest BCUT2D eigenvalue weighted by Crippen LogP contribution is -2.17. The molecule has 4 heteroatoms. The number of aryl methyl sites for hydroxylation is 1. The van der Waals surface area contributed by atoms with Gasteiger partial charge in [0.2, 0.25) is 0 Å². The Morgan fingerprint density at radius 3 is 2.85 bits per heavy atom. The van der Waals surface area contributed by atoms with Crippen LogP contribution in [0.3, 0.4) is 0 Å². The Morgan fingerprint density at radius 1 is 1.35 bits per heavy atom. The van der Waals surface area contributed by atoms with Crippen LogP contribution in [0.2, 0.25) is 0 Å². The molecule has 0 fully saturated rings. The van der Waals surface area contributed by atoms with Crippen molar-refractivity contribution in [3.8, 4) is 0 Å². The quantitative estimate of drug-likeness (QED) is 0.795. The largest absolute Gasteiger partial charge is 0.396 e. The standard InChI is InChI=1S/C16H22N2O2/c1-12(11-19)6-5-9-17-14-10-16(20)18(2)15-8-4-3-7-13(14)15/h3-4,7-8,10,12,17,19H,5-6,9,11H2,1-2H3. The molecular weight excluding hydrogens is 252 g/mol. The number of para-hydroxylation sites is 1.